The number of amides is 3. The van der Waals surface area contributed by atoms with Gasteiger partial charge in [-0.3, -0.25) is 4.79 Å². The minimum Gasteiger partial charge on any atom is -0.480 e. The second-order valence-electron chi connectivity index (χ2n) is 11.3. The van der Waals surface area contributed by atoms with E-state index in [-0.39, 0.29) is 37.2 Å². The predicted octanol–water partition coefficient (Wildman–Crippen LogP) is 4.13. The largest absolute Gasteiger partial charge is 0.480 e. The molecule has 0 unspecified atom stereocenters. The highest BCUT2D eigenvalue weighted by Gasteiger charge is 2.31. The minimum atomic E-state index is -1.26. The van der Waals surface area contributed by atoms with Gasteiger partial charge >= 0.3 is 18.2 Å². The molecule has 10 nitrogen and oxygen atoms in total. The molecule has 4 rings (SSSR count). The van der Waals surface area contributed by atoms with Crippen molar-refractivity contribution in [2.45, 2.75) is 57.6 Å². The number of nitrogens with one attached hydrogen (secondary N) is 2. The van der Waals surface area contributed by atoms with Gasteiger partial charge in [0.15, 0.2) is 0 Å². The molecule has 0 saturated carbocycles. The topological polar surface area (TPSA) is 134 Å². The van der Waals surface area contributed by atoms with E-state index in [4.69, 9.17) is 9.47 Å². The molecule has 1 saturated heterocycles. The van der Waals surface area contributed by atoms with E-state index in [2.05, 4.69) is 10.6 Å². The minimum absolute atomic E-state index is 0.0349. The van der Waals surface area contributed by atoms with Crippen molar-refractivity contribution in [3.63, 3.8) is 0 Å². The van der Waals surface area contributed by atoms with Crippen molar-refractivity contribution in [3.05, 3.63) is 59.7 Å². The van der Waals surface area contributed by atoms with Crippen LogP contribution in [0.5, 0.6) is 0 Å². The zero-order valence-electron chi connectivity index (χ0n) is 23.1. The number of nitrogens with zero attached hydrogens (tertiary/aromatic N) is 1. The standard InChI is InChI=1S/C30H37N3O7/c1-30(2,3)40-28(37)31-16-19-14-15-33(17-19)26(34)13-12-25(27(35)36)32-29(38)39-18-24-22-10-6-4-8-20(22)21-9-5-7-11-23(21)24/h4-11,19,24-25H,12-18H2,1-3H3,(H,31,37)(H,32,38)(H,35,36)/t19-,25+/m1/s1. The third-order valence-electron chi connectivity index (χ3n) is 7.15. The summed E-state index contributed by atoms with van der Waals surface area (Å²) in [5.74, 6) is -1.48. The molecule has 1 fully saturated rings. The molecule has 2 aromatic carbocycles. The second kappa shape index (κ2) is 12.4. The molecular formula is C30H37N3O7. The second-order valence-corrected chi connectivity index (χ2v) is 11.3. The van der Waals surface area contributed by atoms with Crippen molar-refractivity contribution in [1.29, 1.82) is 0 Å². The van der Waals surface area contributed by atoms with Crippen LogP contribution in [0.1, 0.15) is 57.1 Å². The molecule has 2 aromatic rings. The van der Waals surface area contributed by atoms with E-state index in [0.29, 0.717) is 19.6 Å². The van der Waals surface area contributed by atoms with Crippen LogP contribution in [0.25, 0.3) is 11.1 Å². The van der Waals surface area contributed by atoms with Crippen LogP contribution in [0.3, 0.4) is 0 Å². The fourth-order valence-electron chi connectivity index (χ4n) is 5.23. The smallest absolute Gasteiger partial charge is 0.407 e. The van der Waals surface area contributed by atoms with Crippen molar-refractivity contribution >= 4 is 24.1 Å². The molecule has 1 heterocycles. The molecule has 2 atom stereocenters. The Labute approximate surface area is 234 Å². The zero-order chi connectivity index (χ0) is 28.9. The van der Waals surface area contributed by atoms with Gasteiger partial charge in [-0.05, 0) is 61.8 Å². The van der Waals surface area contributed by atoms with Gasteiger partial charge in [0.05, 0.1) is 0 Å². The summed E-state index contributed by atoms with van der Waals surface area (Å²) in [7, 11) is 0. The number of ether oxygens (including phenoxy) is 2. The van der Waals surface area contributed by atoms with Crippen LogP contribution in [-0.2, 0) is 19.1 Å². The molecule has 2 aliphatic rings. The Bertz CT molecular complexity index is 1210. The van der Waals surface area contributed by atoms with E-state index >= 15 is 0 Å². The number of aliphatic carboxylic acids is 1. The first-order valence-electron chi connectivity index (χ1n) is 13.6. The first-order valence-corrected chi connectivity index (χ1v) is 13.6. The van der Waals surface area contributed by atoms with Gasteiger partial charge in [-0.1, -0.05) is 48.5 Å². The third kappa shape index (κ3) is 7.31. The quantitative estimate of drug-likeness (QED) is 0.427. The molecular weight excluding hydrogens is 514 g/mol. The Balaban J connectivity index is 1.23. The van der Waals surface area contributed by atoms with Gasteiger partial charge < -0.3 is 30.1 Å². The summed E-state index contributed by atoms with van der Waals surface area (Å²) in [6.07, 6.45) is -0.707. The first kappa shape index (κ1) is 28.9. The number of carboxylic acids is 1. The van der Waals surface area contributed by atoms with E-state index < -0.39 is 29.8 Å². The molecule has 3 N–H and O–H groups in total. The average Bonchev–Trinajstić information content (AvgIpc) is 3.50. The lowest BCUT2D eigenvalue weighted by atomic mass is 9.98. The Kier molecular flexibility index (Phi) is 8.96. The van der Waals surface area contributed by atoms with Crippen molar-refractivity contribution in [1.82, 2.24) is 15.5 Å². The summed E-state index contributed by atoms with van der Waals surface area (Å²) in [6, 6.07) is 14.6. The third-order valence-corrected chi connectivity index (χ3v) is 7.15. The number of rotatable bonds is 9. The summed E-state index contributed by atoms with van der Waals surface area (Å²) in [5, 5.41) is 14.8. The summed E-state index contributed by atoms with van der Waals surface area (Å²) in [4.78, 5) is 50.6. The Morgan fingerprint density at radius 3 is 2.23 bits per heavy atom. The predicted molar refractivity (Wildman–Crippen MR) is 148 cm³/mol. The fourth-order valence-corrected chi connectivity index (χ4v) is 5.23. The highest BCUT2D eigenvalue weighted by molar-refractivity contribution is 5.82. The van der Waals surface area contributed by atoms with Gasteiger partial charge in [-0.15, -0.1) is 0 Å². The van der Waals surface area contributed by atoms with Crippen molar-refractivity contribution in [2.75, 3.05) is 26.2 Å². The van der Waals surface area contributed by atoms with Crippen molar-refractivity contribution in [2.24, 2.45) is 5.92 Å². The Morgan fingerprint density at radius 1 is 1.00 bits per heavy atom. The van der Waals surface area contributed by atoms with Crippen LogP contribution in [0.2, 0.25) is 0 Å². The SMILES string of the molecule is CC(C)(C)OC(=O)NC[C@H]1CCN(C(=O)CC[C@H](NC(=O)OCC2c3ccccc3-c3ccccc32)C(=O)O)C1. The van der Waals surface area contributed by atoms with Crippen molar-refractivity contribution in [3.8, 4) is 11.1 Å². The van der Waals surface area contributed by atoms with Crippen LogP contribution in [-0.4, -0.2) is 72.0 Å². The molecule has 40 heavy (non-hydrogen) atoms. The van der Waals surface area contributed by atoms with Crippen molar-refractivity contribution < 1.29 is 33.8 Å². The Hall–Kier alpha value is -4.08. The molecule has 10 heteroatoms. The van der Waals surface area contributed by atoms with E-state index in [0.717, 1.165) is 28.7 Å². The van der Waals surface area contributed by atoms with Gasteiger partial charge in [0.1, 0.15) is 18.2 Å². The Morgan fingerprint density at radius 2 is 1.62 bits per heavy atom. The maximum absolute atomic E-state index is 12.7. The van der Waals surface area contributed by atoms with Crippen LogP contribution in [0.15, 0.2) is 48.5 Å². The lowest BCUT2D eigenvalue weighted by molar-refractivity contribution is -0.139. The first-order chi connectivity index (χ1) is 19.0. The highest BCUT2D eigenvalue weighted by atomic mass is 16.6. The molecule has 0 aromatic heterocycles. The molecule has 214 valence electrons. The van der Waals surface area contributed by atoms with E-state index in [1.807, 2.05) is 48.5 Å². The average molecular weight is 552 g/mol. The number of hydrogen-bond donors (Lipinski definition) is 3. The van der Waals surface area contributed by atoms with E-state index in [1.54, 1.807) is 25.7 Å². The maximum Gasteiger partial charge on any atom is 0.407 e. The number of carboxylic acid groups (broad SMARTS) is 1. The summed E-state index contributed by atoms with van der Waals surface area (Å²) in [5.41, 5.74) is 3.72. The van der Waals surface area contributed by atoms with E-state index in [1.165, 1.54) is 0 Å². The number of likely N-dealkylation sites (tertiary alicyclic amines) is 1. The number of hydrogen-bond acceptors (Lipinski definition) is 6. The number of benzene rings is 2. The molecule has 0 radical (unpaired) electrons. The lowest BCUT2D eigenvalue weighted by Gasteiger charge is -2.21. The van der Waals surface area contributed by atoms with Gasteiger partial charge in [-0.2, -0.15) is 0 Å². The van der Waals surface area contributed by atoms with Gasteiger partial charge in [-0.25, -0.2) is 14.4 Å². The number of carbonyl (C=O) groups excluding carboxylic acids is 3. The van der Waals surface area contributed by atoms with Gasteiger partial charge in [0.2, 0.25) is 5.91 Å². The van der Waals surface area contributed by atoms with Gasteiger partial charge in [0.25, 0.3) is 0 Å². The molecule has 1 aliphatic heterocycles. The van der Waals surface area contributed by atoms with Crippen LogP contribution < -0.4 is 10.6 Å². The summed E-state index contributed by atoms with van der Waals surface area (Å²) < 4.78 is 10.7. The van der Waals surface area contributed by atoms with Crippen LogP contribution >= 0.6 is 0 Å². The fraction of sp³-hybridized carbons (Fsp3) is 0.467. The van der Waals surface area contributed by atoms with Crippen LogP contribution in [0, 0.1) is 5.92 Å². The van der Waals surface area contributed by atoms with Gasteiger partial charge in [0, 0.05) is 32.0 Å². The van der Waals surface area contributed by atoms with E-state index in [9.17, 15) is 24.3 Å². The number of carbonyl (C=O) groups is 4. The monoisotopic (exact) mass is 551 g/mol. The summed E-state index contributed by atoms with van der Waals surface area (Å²) in [6.45, 7) is 6.81. The van der Waals surface area contributed by atoms with Crippen LogP contribution in [0.4, 0.5) is 9.59 Å². The number of alkyl carbamates (subject to hydrolysis) is 2. The summed E-state index contributed by atoms with van der Waals surface area (Å²) >= 11 is 0. The molecule has 1 aliphatic carbocycles. The molecule has 0 bridgehead atoms. The lowest BCUT2D eigenvalue weighted by Crippen LogP contribution is -2.42. The zero-order valence-corrected chi connectivity index (χ0v) is 23.1. The molecule has 3 amide bonds. The molecule has 0 spiro atoms. The maximum atomic E-state index is 12.7. The number of fused-ring (bicyclic) bond motifs is 3. The normalized spacial score (nSPS) is 17.0. The highest BCUT2D eigenvalue weighted by Crippen LogP contribution is 2.44.